The van der Waals surface area contributed by atoms with E-state index in [1.807, 2.05) is 6.20 Å². The van der Waals surface area contributed by atoms with Crippen molar-refractivity contribution in [1.29, 1.82) is 0 Å². The third-order valence-corrected chi connectivity index (χ3v) is 7.18. The number of nitrogens with zero attached hydrogens (tertiary/aromatic N) is 2. The number of nitrogens with one attached hydrogen (secondary N) is 2. The zero-order valence-electron chi connectivity index (χ0n) is 22.4. The predicted octanol–water partition coefficient (Wildman–Crippen LogP) is 4.15. The molecule has 1 amide bonds. The van der Waals surface area contributed by atoms with Crippen molar-refractivity contribution in [2.45, 2.75) is 83.1 Å². The van der Waals surface area contributed by atoms with Crippen molar-refractivity contribution < 1.29 is 19.4 Å². The summed E-state index contributed by atoms with van der Waals surface area (Å²) in [7, 11) is 1.52. The third-order valence-electron chi connectivity index (χ3n) is 7.18. The number of carbonyl (C=O) groups is 1. The van der Waals surface area contributed by atoms with E-state index in [-0.39, 0.29) is 23.0 Å². The summed E-state index contributed by atoms with van der Waals surface area (Å²) >= 11 is 0. The largest absolute Gasteiger partial charge is 0.481 e. The number of carbonyl (C=O) groups excluding carboxylic acids is 1. The molecule has 8 heteroatoms. The predicted molar refractivity (Wildman–Crippen MR) is 143 cm³/mol. The van der Waals surface area contributed by atoms with Crippen LogP contribution in [0.15, 0.2) is 43.2 Å². The van der Waals surface area contributed by atoms with Gasteiger partial charge in [0, 0.05) is 43.0 Å². The second-order valence-electron chi connectivity index (χ2n) is 11.5. The standard InChI is InChI=1S/C29H40N4O4/c1-6-8-22(33-26(35)20-9-10-25(36-5)31-17-20)24(34)18-30-23-15-29(11-7-12-29)37-27-21(23)13-19(16-32-27)14-28(2,3)4/h6,9-10,13,16-17,22-24,30,34H,1,7-8,11-12,14-15,18H2,2-5H3,(H,33,35)/t22-,23-,24+/m0/s1. The van der Waals surface area contributed by atoms with Crippen LogP contribution in [-0.4, -0.2) is 52.4 Å². The Hall–Kier alpha value is -2.97. The number of rotatable bonds is 10. The van der Waals surface area contributed by atoms with Crippen LogP contribution in [0.1, 0.15) is 80.4 Å². The van der Waals surface area contributed by atoms with Crippen molar-refractivity contribution in [1.82, 2.24) is 20.6 Å². The van der Waals surface area contributed by atoms with E-state index < -0.39 is 12.1 Å². The summed E-state index contributed by atoms with van der Waals surface area (Å²) in [6.07, 6.45) is 9.65. The van der Waals surface area contributed by atoms with Crippen LogP contribution < -0.4 is 20.1 Å². The second-order valence-corrected chi connectivity index (χ2v) is 11.5. The smallest absolute Gasteiger partial charge is 0.253 e. The minimum Gasteiger partial charge on any atom is -0.481 e. The molecule has 0 saturated heterocycles. The van der Waals surface area contributed by atoms with Gasteiger partial charge in [-0.3, -0.25) is 4.79 Å². The van der Waals surface area contributed by atoms with Crippen LogP contribution in [0.5, 0.6) is 11.8 Å². The first-order chi connectivity index (χ1) is 17.6. The fourth-order valence-electron chi connectivity index (χ4n) is 5.13. The molecule has 1 aliphatic carbocycles. The molecule has 200 valence electrons. The molecule has 0 aromatic carbocycles. The molecule has 1 aliphatic heterocycles. The van der Waals surface area contributed by atoms with Crippen LogP contribution in [-0.2, 0) is 6.42 Å². The second kappa shape index (κ2) is 11.2. The Bertz CT molecular complexity index is 1090. The molecule has 3 atom stereocenters. The van der Waals surface area contributed by atoms with Gasteiger partial charge in [-0.25, -0.2) is 9.97 Å². The Balaban J connectivity index is 1.46. The molecule has 0 radical (unpaired) electrons. The molecule has 3 heterocycles. The van der Waals surface area contributed by atoms with Gasteiger partial charge in [-0.05, 0) is 55.2 Å². The third kappa shape index (κ3) is 6.67. The Morgan fingerprint density at radius 1 is 1.32 bits per heavy atom. The number of pyridine rings is 2. The maximum absolute atomic E-state index is 12.8. The highest BCUT2D eigenvalue weighted by Gasteiger charge is 2.46. The van der Waals surface area contributed by atoms with Crippen LogP contribution in [0.4, 0.5) is 0 Å². The monoisotopic (exact) mass is 508 g/mol. The maximum atomic E-state index is 12.8. The first-order valence-electron chi connectivity index (χ1n) is 13.1. The Morgan fingerprint density at radius 3 is 2.70 bits per heavy atom. The van der Waals surface area contributed by atoms with Gasteiger partial charge >= 0.3 is 0 Å². The molecule has 1 spiro atoms. The first kappa shape index (κ1) is 27.1. The van der Waals surface area contributed by atoms with E-state index >= 15 is 0 Å². The van der Waals surface area contributed by atoms with E-state index in [9.17, 15) is 9.90 Å². The van der Waals surface area contributed by atoms with Gasteiger partial charge in [-0.1, -0.05) is 26.8 Å². The van der Waals surface area contributed by atoms with Crippen LogP contribution in [0.3, 0.4) is 0 Å². The highest BCUT2D eigenvalue weighted by Crippen LogP contribution is 2.48. The van der Waals surface area contributed by atoms with Gasteiger partial charge in [-0.15, -0.1) is 6.58 Å². The molecule has 37 heavy (non-hydrogen) atoms. The van der Waals surface area contributed by atoms with E-state index in [4.69, 9.17) is 14.5 Å². The van der Waals surface area contributed by atoms with Gasteiger partial charge < -0.3 is 25.2 Å². The number of fused-ring (bicyclic) bond motifs is 1. The summed E-state index contributed by atoms with van der Waals surface area (Å²) in [4.78, 5) is 21.6. The van der Waals surface area contributed by atoms with E-state index in [0.29, 0.717) is 30.3 Å². The fraction of sp³-hybridized carbons (Fsp3) is 0.552. The summed E-state index contributed by atoms with van der Waals surface area (Å²) in [5.41, 5.74) is 2.59. The molecule has 2 aliphatic rings. The van der Waals surface area contributed by atoms with Gasteiger partial charge in [0.05, 0.1) is 24.8 Å². The summed E-state index contributed by atoms with van der Waals surface area (Å²) in [6.45, 7) is 10.8. The number of methoxy groups -OCH3 is 1. The molecular formula is C29H40N4O4. The number of aliphatic hydroxyl groups excluding tert-OH is 1. The van der Waals surface area contributed by atoms with E-state index in [1.54, 1.807) is 18.2 Å². The van der Waals surface area contributed by atoms with Crippen molar-refractivity contribution in [3.8, 4) is 11.8 Å². The van der Waals surface area contributed by atoms with Gasteiger partial charge in [0.25, 0.3) is 5.91 Å². The Labute approximate surface area is 219 Å². The lowest BCUT2D eigenvalue weighted by molar-refractivity contribution is -0.0420. The average molecular weight is 509 g/mol. The summed E-state index contributed by atoms with van der Waals surface area (Å²) in [5.74, 6) is 0.824. The van der Waals surface area contributed by atoms with Crippen LogP contribution in [0.2, 0.25) is 0 Å². The van der Waals surface area contributed by atoms with E-state index in [0.717, 1.165) is 37.7 Å². The van der Waals surface area contributed by atoms with Crippen LogP contribution in [0.25, 0.3) is 0 Å². The molecule has 2 aromatic heterocycles. The highest BCUT2D eigenvalue weighted by atomic mass is 16.5. The van der Waals surface area contributed by atoms with Crippen molar-refractivity contribution in [2.24, 2.45) is 5.41 Å². The van der Waals surface area contributed by atoms with Crippen molar-refractivity contribution in [3.63, 3.8) is 0 Å². The van der Waals surface area contributed by atoms with Gasteiger partial charge in [0.2, 0.25) is 11.8 Å². The average Bonchev–Trinajstić information content (AvgIpc) is 2.84. The normalized spacial score (nSPS) is 19.6. The van der Waals surface area contributed by atoms with Crippen LogP contribution in [0, 0.1) is 5.41 Å². The number of amides is 1. The topological polar surface area (TPSA) is 106 Å². The number of aromatic nitrogens is 2. The molecule has 8 nitrogen and oxygen atoms in total. The van der Waals surface area contributed by atoms with Crippen LogP contribution >= 0.6 is 0 Å². The molecule has 0 unspecified atom stereocenters. The Morgan fingerprint density at radius 2 is 2.11 bits per heavy atom. The molecule has 2 aromatic rings. The fourth-order valence-corrected chi connectivity index (χ4v) is 5.13. The minimum absolute atomic E-state index is 0.0111. The zero-order valence-corrected chi connectivity index (χ0v) is 22.4. The molecule has 3 N–H and O–H groups in total. The summed E-state index contributed by atoms with van der Waals surface area (Å²) in [5, 5.41) is 17.6. The zero-order chi connectivity index (χ0) is 26.6. The quantitative estimate of drug-likeness (QED) is 0.414. The number of ether oxygens (including phenoxy) is 2. The van der Waals surface area contributed by atoms with Crippen molar-refractivity contribution >= 4 is 5.91 Å². The molecular weight excluding hydrogens is 468 g/mol. The first-order valence-corrected chi connectivity index (χ1v) is 13.1. The number of aliphatic hydroxyl groups is 1. The minimum atomic E-state index is -0.817. The summed E-state index contributed by atoms with van der Waals surface area (Å²) < 4.78 is 11.4. The lowest BCUT2D eigenvalue weighted by atomic mass is 9.73. The van der Waals surface area contributed by atoms with Crippen molar-refractivity contribution in [2.75, 3.05) is 13.7 Å². The maximum Gasteiger partial charge on any atom is 0.253 e. The molecule has 0 bridgehead atoms. The number of hydrogen-bond acceptors (Lipinski definition) is 7. The number of hydrogen-bond donors (Lipinski definition) is 3. The van der Waals surface area contributed by atoms with E-state index in [1.165, 1.54) is 18.9 Å². The SMILES string of the molecule is C=CC[C@H](NC(=O)c1ccc(OC)nc1)[C@H](O)CN[C@H]1CC2(CCC2)Oc2ncc(CC(C)(C)C)cc21. The van der Waals surface area contributed by atoms with Gasteiger partial charge in [0.1, 0.15) is 5.60 Å². The molecule has 4 rings (SSSR count). The Kier molecular flexibility index (Phi) is 8.19. The highest BCUT2D eigenvalue weighted by molar-refractivity contribution is 5.94. The van der Waals surface area contributed by atoms with Gasteiger partial charge in [-0.2, -0.15) is 0 Å². The lowest BCUT2D eigenvalue weighted by Crippen LogP contribution is -2.52. The van der Waals surface area contributed by atoms with Gasteiger partial charge in [0.15, 0.2) is 0 Å². The lowest BCUT2D eigenvalue weighted by Gasteiger charge is -2.47. The molecule has 1 saturated carbocycles. The summed E-state index contributed by atoms with van der Waals surface area (Å²) in [6, 6.07) is 4.99. The molecule has 1 fully saturated rings. The van der Waals surface area contributed by atoms with Crippen molar-refractivity contribution in [3.05, 3.63) is 59.9 Å². The van der Waals surface area contributed by atoms with E-state index in [2.05, 4.69) is 49.0 Å².